The highest BCUT2D eigenvalue weighted by Crippen LogP contribution is 2.38. The number of rotatable bonds is 5. The summed E-state index contributed by atoms with van der Waals surface area (Å²) in [6, 6.07) is 3.47. The van der Waals surface area contributed by atoms with Crippen LogP contribution < -0.4 is 0 Å². The minimum atomic E-state index is -3.89. The van der Waals surface area contributed by atoms with Gasteiger partial charge in [0.25, 0.3) is 0 Å². The van der Waals surface area contributed by atoms with Crippen LogP contribution in [0.1, 0.15) is 26.2 Å². The third-order valence-electron chi connectivity index (χ3n) is 6.06. The average molecular weight is 436 g/mol. The molecule has 3 heterocycles. The Kier molecular flexibility index (Phi) is 5.50. The molecule has 0 spiro atoms. The van der Waals surface area contributed by atoms with Crippen molar-refractivity contribution in [2.24, 2.45) is 5.92 Å². The topological polar surface area (TPSA) is 90.8 Å². The molecule has 1 N–H and O–H groups in total. The fraction of sp³-hybridized carbons (Fsp3) is 0.500. The number of benzene rings is 1. The van der Waals surface area contributed by atoms with Gasteiger partial charge in [-0.2, -0.15) is 4.31 Å². The first kappa shape index (κ1) is 20.5. The van der Waals surface area contributed by atoms with E-state index in [1.165, 1.54) is 15.6 Å². The number of hydrogen-bond acceptors (Lipinski definition) is 6. The Morgan fingerprint density at radius 2 is 2.21 bits per heavy atom. The van der Waals surface area contributed by atoms with Gasteiger partial charge in [0.05, 0.1) is 33.3 Å². The molecule has 29 heavy (non-hydrogen) atoms. The summed E-state index contributed by atoms with van der Waals surface area (Å²) < 4.78 is 29.7. The zero-order valence-electron chi connectivity index (χ0n) is 16.3. The van der Waals surface area contributed by atoms with Gasteiger partial charge in [0.1, 0.15) is 6.04 Å². The van der Waals surface area contributed by atoms with E-state index in [1.807, 2.05) is 0 Å². The van der Waals surface area contributed by atoms with Gasteiger partial charge in [-0.15, -0.1) is 17.9 Å². The van der Waals surface area contributed by atoms with Crippen molar-refractivity contribution < 1.29 is 18.3 Å². The maximum absolute atomic E-state index is 13.7. The Hall–Kier alpha value is -1.81. The zero-order chi connectivity index (χ0) is 20.8. The van der Waals surface area contributed by atoms with Crippen LogP contribution in [0.4, 0.5) is 0 Å². The number of thiazole rings is 1. The van der Waals surface area contributed by atoms with Crippen molar-refractivity contribution in [1.82, 2.24) is 14.2 Å². The lowest BCUT2D eigenvalue weighted by Gasteiger charge is -2.40. The first-order valence-electron chi connectivity index (χ1n) is 9.79. The molecule has 2 aromatic rings. The number of fused-ring (bicyclic) bond motifs is 3. The number of aliphatic hydroxyl groups is 1. The number of hydrogen-bond donors (Lipinski definition) is 1. The summed E-state index contributed by atoms with van der Waals surface area (Å²) in [4.78, 5) is 19.4. The SMILES string of the molecule is C=C[C@H]1CN(C(C)CO)C(=O)C2CCC[C@@H]1N2S(=O)(=O)c1ccc2ncsc2c1. The molecule has 9 heteroatoms. The minimum absolute atomic E-state index is 0.165. The smallest absolute Gasteiger partial charge is 0.244 e. The molecule has 1 aromatic carbocycles. The van der Waals surface area contributed by atoms with Gasteiger partial charge in [0, 0.05) is 18.5 Å². The molecule has 0 saturated carbocycles. The van der Waals surface area contributed by atoms with Crippen LogP contribution in [-0.4, -0.2) is 64.9 Å². The summed E-state index contributed by atoms with van der Waals surface area (Å²) >= 11 is 1.39. The van der Waals surface area contributed by atoms with E-state index in [4.69, 9.17) is 0 Å². The highest BCUT2D eigenvalue weighted by atomic mass is 32.2. The molecule has 2 saturated heterocycles. The van der Waals surface area contributed by atoms with E-state index < -0.39 is 16.1 Å². The fourth-order valence-electron chi connectivity index (χ4n) is 4.46. The van der Waals surface area contributed by atoms with Crippen LogP contribution in [-0.2, 0) is 14.8 Å². The lowest BCUT2D eigenvalue weighted by Crippen LogP contribution is -2.55. The molecule has 2 aliphatic heterocycles. The van der Waals surface area contributed by atoms with Crippen molar-refractivity contribution in [1.29, 1.82) is 0 Å². The number of amides is 1. The fourth-order valence-corrected chi connectivity index (χ4v) is 7.15. The summed E-state index contributed by atoms with van der Waals surface area (Å²) in [5.74, 6) is -0.428. The number of piperidine rings is 1. The van der Waals surface area contributed by atoms with E-state index in [1.54, 1.807) is 41.6 Å². The van der Waals surface area contributed by atoms with Gasteiger partial charge in [0.2, 0.25) is 15.9 Å². The van der Waals surface area contributed by atoms with Crippen molar-refractivity contribution >= 4 is 37.5 Å². The van der Waals surface area contributed by atoms with E-state index in [2.05, 4.69) is 11.6 Å². The first-order chi connectivity index (χ1) is 13.9. The van der Waals surface area contributed by atoms with Gasteiger partial charge >= 0.3 is 0 Å². The van der Waals surface area contributed by atoms with E-state index in [-0.39, 0.29) is 35.4 Å². The van der Waals surface area contributed by atoms with Crippen LogP contribution in [0.25, 0.3) is 10.2 Å². The van der Waals surface area contributed by atoms with Crippen molar-refractivity contribution in [3.63, 3.8) is 0 Å². The number of aliphatic hydroxyl groups excluding tert-OH is 1. The van der Waals surface area contributed by atoms with Crippen LogP contribution in [0.15, 0.2) is 41.3 Å². The molecular formula is C20H25N3O4S2. The maximum Gasteiger partial charge on any atom is 0.244 e. The van der Waals surface area contributed by atoms with Gasteiger partial charge in [-0.25, -0.2) is 13.4 Å². The lowest BCUT2D eigenvalue weighted by atomic mass is 9.90. The third kappa shape index (κ3) is 3.39. The van der Waals surface area contributed by atoms with Gasteiger partial charge < -0.3 is 10.0 Å². The second-order valence-electron chi connectivity index (χ2n) is 7.75. The molecule has 2 bridgehead atoms. The molecule has 1 amide bonds. The Morgan fingerprint density at radius 1 is 1.41 bits per heavy atom. The van der Waals surface area contributed by atoms with Crippen LogP contribution in [0.5, 0.6) is 0 Å². The van der Waals surface area contributed by atoms with Gasteiger partial charge in [-0.05, 0) is 44.4 Å². The Bertz CT molecular complexity index is 1040. The number of aromatic nitrogens is 1. The molecular weight excluding hydrogens is 410 g/mol. The molecule has 0 aliphatic carbocycles. The van der Waals surface area contributed by atoms with Gasteiger partial charge in [-0.1, -0.05) is 6.08 Å². The van der Waals surface area contributed by atoms with E-state index in [9.17, 15) is 18.3 Å². The zero-order valence-corrected chi connectivity index (χ0v) is 17.9. The molecule has 2 unspecified atom stereocenters. The minimum Gasteiger partial charge on any atom is -0.394 e. The van der Waals surface area contributed by atoms with Crippen molar-refractivity contribution in [2.45, 2.75) is 49.2 Å². The summed E-state index contributed by atoms with van der Waals surface area (Å²) in [7, 11) is -3.89. The highest BCUT2D eigenvalue weighted by molar-refractivity contribution is 7.89. The van der Waals surface area contributed by atoms with Crippen LogP contribution in [0.3, 0.4) is 0 Å². The molecule has 4 atom stereocenters. The Labute approximate surface area is 174 Å². The summed E-state index contributed by atoms with van der Waals surface area (Å²) in [5, 5.41) is 9.62. The molecule has 2 aliphatic rings. The number of carbonyl (C=O) groups is 1. The van der Waals surface area contributed by atoms with Gasteiger partial charge in [0.15, 0.2) is 0 Å². The second kappa shape index (κ2) is 7.79. The Balaban J connectivity index is 1.81. The summed E-state index contributed by atoms with van der Waals surface area (Å²) in [5.41, 5.74) is 2.45. The molecule has 4 rings (SSSR count). The molecule has 156 valence electrons. The molecule has 7 nitrogen and oxygen atoms in total. The Morgan fingerprint density at radius 3 is 2.93 bits per heavy atom. The normalized spacial score (nSPS) is 27.0. The van der Waals surface area contributed by atoms with E-state index in [0.717, 1.165) is 16.6 Å². The summed E-state index contributed by atoms with van der Waals surface area (Å²) in [6.07, 6.45) is 3.70. The van der Waals surface area contributed by atoms with Crippen LogP contribution in [0, 0.1) is 5.92 Å². The highest BCUT2D eigenvalue weighted by Gasteiger charge is 2.50. The van der Waals surface area contributed by atoms with E-state index >= 15 is 0 Å². The van der Waals surface area contributed by atoms with Crippen molar-refractivity contribution in [3.05, 3.63) is 36.4 Å². The largest absolute Gasteiger partial charge is 0.394 e. The molecule has 1 aromatic heterocycles. The second-order valence-corrected chi connectivity index (χ2v) is 10.5. The van der Waals surface area contributed by atoms with Crippen molar-refractivity contribution in [2.75, 3.05) is 13.2 Å². The standard InChI is InChI=1S/C20H25N3O4S2/c1-3-14-10-22(13(2)11-24)20(25)18-6-4-5-17(14)23(18)29(26,27)15-7-8-16-19(9-15)28-12-21-16/h3,7-9,12-14,17-18,24H,1,4-6,10-11H2,2H3/t13?,14-,17-,18?/m0/s1. The maximum atomic E-state index is 13.7. The van der Waals surface area contributed by atoms with Crippen molar-refractivity contribution in [3.8, 4) is 0 Å². The predicted molar refractivity (Wildman–Crippen MR) is 112 cm³/mol. The van der Waals surface area contributed by atoms with Crippen LogP contribution in [0.2, 0.25) is 0 Å². The monoisotopic (exact) mass is 435 g/mol. The molecule has 0 radical (unpaired) electrons. The van der Waals surface area contributed by atoms with E-state index in [0.29, 0.717) is 19.4 Å². The predicted octanol–water partition coefficient (Wildman–Crippen LogP) is 2.23. The van der Waals surface area contributed by atoms with Gasteiger partial charge in [-0.3, -0.25) is 4.79 Å². The first-order valence-corrected chi connectivity index (χ1v) is 12.1. The number of nitrogens with zero attached hydrogens (tertiary/aromatic N) is 3. The third-order valence-corrected chi connectivity index (χ3v) is 8.78. The molecule has 2 fully saturated rings. The lowest BCUT2D eigenvalue weighted by molar-refractivity contribution is -0.137. The quantitative estimate of drug-likeness (QED) is 0.728. The summed E-state index contributed by atoms with van der Waals surface area (Å²) in [6.45, 7) is 5.90. The van der Waals surface area contributed by atoms with Crippen LogP contribution >= 0.6 is 11.3 Å². The number of sulfonamides is 1. The number of carbonyl (C=O) groups excluding carboxylic acids is 1. The average Bonchev–Trinajstić information content (AvgIpc) is 3.18.